The largest absolute Gasteiger partial charge is 0.481 e. The van der Waals surface area contributed by atoms with Gasteiger partial charge >= 0.3 is 5.97 Å². The van der Waals surface area contributed by atoms with Crippen LogP contribution in [0.15, 0.2) is 24.3 Å². The van der Waals surface area contributed by atoms with Crippen LogP contribution in [0, 0.1) is 5.41 Å². The first kappa shape index (κ1) is 10.8. The zero-order chi connectivity index (χ0) is 12.3. The van der Waals surface area contributed by atoms with Gasteiger partial charge in [-0.3, -0.25) is 4.79 Å². The van der Waals surface area contributed by atoms with Crippen LogP contribution in [-0.4, -0.2) is 11.1 Å². The van der Waals surface area contributed by atoms with Crippen molar-refractivity contribution in [3.63, 3.8) is 0 Å². The molecule has 0 aliphatic heterocycles. The van der Waals surface area contributed by atoms with Crippen LogP contribution in [0.5, 0.6) is 0 Å². The van der Waals surface area contributed by atoms with Gasteiger partial charge in [0.1, 0.15) is 0 Å². The van der Waals surface area contributed by atoms with Gasteiger partial charge in [-0.1, -0.05) is 38.1 Å². The normalized spacial score (nSPS) is 34.1. The van der Waals surface area contributed by atoms with Crippen LogP contribution in [-0.2, 0) is 10.2 Å². The molecule has 3 aliphatic carbocycles. The van der Waals surface area contributed by atoms with E-state index in [1.54, 1.807) is 0 Å². The Morgan fingerprint density at radius 2 is 1.82 bits per heavy atom. The first-order chi connectivity index (χ1) is 7.99. The molecule has 1 aromatic carbocycles. The maximum Gasteiger partial charge on any atom is 0.309 e. The van der Waals surface area contributed by atoms with Crippen LogP contribution in [0.2, 0.25) is 0 Å². The van der Waals surface area contributed by atoms with E-state index in [1.807, 2.05) is 0 Å². The highest BCUT2D eigenvalue weighted by atomic mass is 16.4. The third-order valence-corrected chi connectivity index (χ3v) is 4.64. The summed E-state index contributed by atoms with van der Waals surface area (Å²) in [6.45, 7) is 4.41. The Bertz CT molecular complexity index is 468. The summed E-state index contributed by atoms with van der Waals surface area (Å²) in [6.07, 6.45) is 2.54. The van der Waals surface area contributed by atoms with E-state index in [-0.39, 0.29) is 10.8 Å². The molecule has 2 heteroatoms. The van der Waals surface area contributed by atoms with E-state index in [9.17, 15) is 9.90 Å². The molecule has 2 bridgehead atoms. The van der Waals surface area contributed by atoms with Crippen LogP contribution in [0.25, 0.3) is 0 Å². The van der Waals surface area contributed by atoms with Gasteiger partial charge in [0.15, 0.2) is 0 Å². The second-order valence-electron chi connectivity index (χ2n) is 6.14. The van der Waals surface area contributed by atoms with E-state index in [2.05, 4.69) is 38.1 Å². The molecule has 0 saturated heterocycles. The summed E-state index contributed by atoms with van der Waals surface area (Å²) < 4.78 is 0. The summed E-state index contributed by atoms with van der Waals surface area (Å²) in [6, 6.07) is 8.54. The zero-order valence-electron chi connectivity index (χ0n) is 10.4. The van der Waals surface area contributed by atoms with Gasteiger partial charge in [-0.2, -0.15) is 0 Å². The lowest BCUT2D eigenvalue weighted by Gasteiger charge is -2.69. The van der Waals surface area contributed by atoms with Crippen molar-refractivity contribution in [3.8, 4) is 0 Å². The fourth-order valence-corrected chi connectivity index (χ4v) is 3.78. The van der Waals surface area contributed by atoms with E-state index in [1.165, 1.54) is 11.1 Å². The minimum atomic E-state index is -0.596. The summed E-state index contributed by atoms with van der Waals surface area (Å²) >= 11 is 0. The monoisotopic (exact) mass is 230 g/mol. The molecule has 4 rings (SSSR count). The summed E-state index contributed by atoms with van der Waals surface area (Å²) in [5, 5.41) is 9.17. The number of carboxylic acid groups (broad SMARTS) is 1. The van der Waals surface area contributed by atoms with Crippen LogP contribution < -0.4 is 0 Å². The second-order valence-corrected chi connectivity index (χ2v) is 6.14. The Kier molecular flexibility index (Phi) is 1.99. The first-order valence-corrected chi connectivity index (χ1v) is 6.32. The van der Waals surface area contributed by atoms with E-state index in [0.29, 0.717) is 5.92 Å². The number of carboxylic acids is 1. The predicted octanol–water partition coefficient (Wildman–Crippen LogP) is 3.32. The number of hydrogen-bond acceptors (Lipinski definition) is 1. The number of aliphatic carboxylic acids is 1. The fourth-order valence-electron chi connectivity index (χ4n) is 3.78. The number of benzene rings is 1. The van der Waals surface area contributed by atoms with Crippen molar-refractivity contribution < 1.29 is 9.90 Å². The quantitative estimate of drug-likeness (QED) is 0.865. The Labute approximate surface area is 102 Å². The van der Waals surface area contributed by atoms with Crippen LogP contribution in [0.1, 0.15) is 50.2 Å². The smallest absolute Gasteiger partial charge is 0.309 e. The van der Waals surface area contributed by atoms with Gasteiger partial charge < -0.3 is 5.11 Å². The molecule has 2 nitrogen and oxygen atoms in total. The van der Waals surface area contributed by atoms with Crippen molar-refractivity contribution in [2.45, 2.75) is 44.4 Å². The van der Waals surface area contributed by atoms with Crippen LogP contribution in [0.4, 0.5) is 0 Å². The predicted molar refractivity (Wildman–Crippen MR) is 66.1 cm³/mol. The molecule has 90 valence electrons. The lowest BCUT2D eigenvalue weighted by atomic mass is 9.33. The molecule has 0 spiro atoms. The summed E-state index contributed by atoms with van der Waals surface area (Å²) in [5.41, 5.74) is 2.62. The third-order valence-electron chi connectivity index (χ3n) is 4.64. The Morgan fingerprint density at radius 1 is 1.24 bits per heavy atom. The molecular formula is C15H18O2. The SMILES string of the molecule is CC(C)c1ccccc1C12CC(C(=O)O)(C1)C2. The molecule has 0 amide bonds. The van der Waals surface area contributed by atoms with Crippen molar-refractivity contribution in [3.05, 3.63) is 35.4 Å². The molecule has 17 heavy (non-hydrogen) atoms. The van der Waals surface area contributed by atoms with E-state index < -0.39 is 5.97 Å². The van der Waals surface area contributed by atoms with Gasteiger partial charge in [0.05, 0.1) is 5.41 Å². The molecule has 1 N–H and O–H groups in total. The maximum absolute atomic E-state index is 11.1. The lowest BCUT2D eigenvalue weighted by molar-refractivity contribution is -0.194. The molecule has 3 aliphatic rings. The average molecular weight is 230 g/mol. The van der Waals surface area contributed by atoms with Crippen LogP contribution in [0.3, 0.4) is 0 Å². The summed E-state index contributed by atoms with van der Waals surface area (Å²) in [4.78, 5) is 11.1. The van der Waals surface area contributed by atoms with Crippen molar-refractivity contribution in [1.82, 2.24) is 0 Å². The molecule has 0 atom stereocenters. The zero-order valence-corrected chi connectivity index (χ0v) is 10.4. The molecule has 0 heterocycles. The highest BCUT2D eigenvalue weighted by Crippen LogP contribution is 2.74. The van der Waals surface area contributed by atoms with Gasteiger partial charge in [0.25, 0.3) is 0 Å². The summed E-state index contributed by atoms with van der Waals surface area (Å²) in [5.74, 6) is -0.0811. The Balaban J connectivity index is 1.92. The number of hydrogen-bond donors (Lipinski definition) is 1. The van der Waals surface area contributed by atoms with Gasteiger partial charge in [-0.05, 0) is 41.7 Å². The highest BCUT2D eigenvalue weighted by Gasteiger charge is 2.72. The Morgan fingerprint density at radius 3 is 2.35 bits per heavy atom. The molecule has 0 aromatic heterocycles. The van der Waals surface area contributed by atoms with E-state index >= 15 is 0 Å². The topological polar surface area (TPSA) is 37.3 Å². The standard InChI is InChI=1S/C15H18O2/c1-10(2)11-5-3-4-6-12(11)14-7-15(8-14,9-14)13(16)17/h3-6,10H,7-9H2,1-2H3,(H,16,17). The molecule has 0 unspecified atom stereocenters. The number of carbonyl (C=O) groups is 1. The van der Waals surface area contributed by atoms with Crippen molar-refractivity contribution in [1.29, 1.82) is 0 Å². The lowest BCUT2D eigenvalue weighted by Crippen LogP contribution is -2.68. The molecular weight excluding hydrogens is 212 g/mol. The molecule has 3 saturated carbocycles. The summed E-state index contributed by atoms with van der Waals surface area (Å²) in [7, 11) is 0. The third kappa shape index (κ3) is 1.24. The molecule has 1 aromatic rings. The average Bonchev–Trinajstić information content (AvgIpc) is 2.13. The maximum atomic E-state index is 11.1. The van der Waals surface area contributed by atoms with E-state index in [4.69, 9.17) is 0 Å². The highest BCUT2D eigenvalue weighted by molar-refractivity contribution is 5.81. The van der Waals surface area contributed by atoms with Gasteiger partial charge in [0, 0.05) is 0 Å². The number of rotatable bonds is 3. The second kappa shape index (κ2) is 3.12. The van der Waals surface area contributed by atoms with Crippen molar-refractivity contribution in [2.75, 3.05) is 0 Å². The van der Waals surface area contributed by atoms with Gasteiger partial charge in [0.2, 0.25) is 0 Å². The van der Waals surface area contributed by atoms with Gasteiger partial charge in [-0.15, -0.1) is 0 Å². The Hall–Kier alpha value is -1.31. The van der Waals surface area contributed by atoms with Crippen molar-refractivity contribution in [2.24, 2.45) is 5.41 Å². The van der Waals surface area contributed by atoms with Crippen molar-refractivity contribution >= 4 is 5.97 Å². The van der Waals surface area contributed by atoms with Crippen LogP contribution >= 0.6 is 0 Å². The first-order valence-electron chi connectivity index (χ1n) is 6.32. The van der Waals surface area contributed by atoms with E-state index in [0.717, 1.165) is 19.3 Å². The van der Waals surface area contributed by atoms with Gasteiger partial charge in [-0.25, -0.2) is 0 Å². The minimum absolute atomic E-state index is 0.194. The molecule has 3 fully saturated rings. The molecule has 0 radical (unpaired) electrons. The minimum Gasteiger partial charge on any atom is -0.481 e. The fraction of sp³-hybridized carbons (Fsp3) is 0.533.